The summed E-state index contributed by atoms with van der Waals surface area (Å²) in [5.74, 6) is 2.04. The van der Waals surface area contributed by atoms with Gasteiger partial charge in [0.2, 0.25) is 0 Å². The third kappa shape index (κ3) is 2.53. The molecule has 4 aromatic heterocycles. The van der Waals surface area contributed by atoms with E-state index in [-0.39, 0.29) is 18.6 Å². The van der Waals surface area contributed by atoms with Crippen molar-refractivity contribution in [2.24, 2.45) is 5.92 Å². The van der Waals surface area contributed by atoms with E-state index in [4.69, 9.17) is 9.40 Å². The minimum Gasteiger partial charge on any atom is -0.455 e. The van der Waals surface area contributed by atoms with E-state index in [1.807, 2.05) is 18.3 Å². The zero-order valence-electron chi connectivity index (χ0n) is 14.7. The Balaban J connectivity index is 1.73. The standard InChI is InChI=1S/C20H19N5O2/c21-9-12-1-3-13(4-2-12)25-18-15-7-8-22-19(15)23-10-16(18)24-20(25)17-6-5-14(11-26)27-17/h5-8,10,12-13,26H,1-4,11H2,(H,22,23). The third-order valence-corrected chi connectivity index (χ3v) is 5.52. The van der Waals surface area contributed by atoms with Crippen molar-refractivity contribution < 1.29 is 9.52 Å². The van der Waals surface area contributed by atoms with Crippen molar-refractivity contribution in [1.82, 2.24) is 19.5 Å². The average molecular weight is 361 g/mol. The van der Waals surface area contributed by atoms with Gasteiger partial charge in [0.1, 0.15) is 23.5 Å². The number of hydrogen-bond donors (Lipinski definition) is 2. The second-order valence-electron chi connectivity index (χ2n) is 7.10. The van der Waals surface area contributed by atoms with Gasteiger partial charge in [0.25, 0.3) is 0 Å². The molecule has 0 spiro atoms. The zero-order valence-corrected chi connectivity index (χ0v) is 14.7. The van der Waals surface area contributed by atoms with Crippen LogP contribution in [0, 0.1) is 17.2 Å². The SMILES string of the molecule is N#CC1CCC(n2c(-c3ccc(CO)o3)nc3cnc4[nH]ccc4c32)CC1. The number of rotatable bonds is 3. The lowest BCUT2D eigenvalue weighted by molar-refractivity contribution is 0.248. The van der Waals surface area contributed by atoms with Crippen LogP contribution in [-0.2, 0) is 6.61 Å². The van der Waals surface area contributed by atoms with Crippen LogP contribution in [0.1, 0.15) is 37.5 Å². The van der Waals surface area contributed by atoms with Gasteiger partial charge in [-0.3, -0.25) is 0 Å². The Kier molecular flexibility index (Phi) is 3.73. The highest BCUT2D eigenvalue weighted by atomic mass is 16.4. The molecular formula is C20H19N5O2. The Labute approximate surface area is 155 Å². The summed E-state index contributed by atoms with van der Waals surface area (Å²) < 4.78 is 8.05. The number of imidazole rings is 1. The minimum absolute atomic E-state index is 0.137. The highest BCUT2D eigenvalue weighted by molar-refractivity contribution is 6.02. The molecule has 2 N–H and O–H groups in total. The minimum atomic E-state index is -0.142. The first kappa shape index (κ1) is 16.1. The maximum absolute atomic E-state index is 9.36. The topological polar surface area (TPSA) is 104 Å². The largest absolute Gasteiger partial charge is 0.455 e. The monoisotopic (exact) mass is 361 g/mol. The number of nitrogens with zero attached hydrogens (tertiary/aromatic N) is 4. The summed E-state index contributed by atoms with van der Waals surface area (Å²) in [7, 11) is 0. The molecule has 1 fully saturated rings. The van der Waals surface area contributed by atoms with Gasteiger partial charge in [0.15, 0.2) is 11.6 Å². The summed E-state index contributed by atoms with van der Waals surface area (Å²) in [6, 6.07) is 8.30. The molecule has 7 nitrogen and oxygen atoms in total. The fourth-order valence-corrected chi connectivity index (χ4v) is 4.17. The predicted molar refractivity (Wildman–Crippen MR) is 99.6 cm³/mol. The number of H-pyrrole nitrogens is 1. The Morgan fingerprint density at radius 1 is 1.26 bits per heavy atom. The van der Waals surface area contributed by atoms with Gasteiger partial charge in [0.05, 0.1) is 17.8 Å². The van der Waals surface area contributed by atoms with Gasteiger partial charge < -0.3 is 19.1 Å². The molecule has 0 saturated heterocycles. The molecule has 4 heterocycles. The Morgan fingerprint density at radius 3 is 2.85 bits per heavy atom. The van der Waals surface area contributed by atoms with Crippen LogP contribution in [0.15, 0.2) is 35.0 Å². The molecular weight excluding hydrogens is 342 g/mol. The van der Waals surface area contributed by atoms with E-state index in [1.54, 1.807) is 12.3 Å². The van der Waals surface area contributed by atoms with E-state index in [2.05, 4.69) is 20.6 Å². The Hall–Kier alpha value is -3.11. The summed E-state index contributed by atoms with van der Waals surface area (Å²) in [6.45, 7) is -0.142. The van der Waals surface area contributed by atoms with Gasteiger partial charge in [-0.25, -0.2) is 9.97 Å². The number of nitrogens with one attached hydrogen (secondary N) is 1. The highest BCUT2D eigenvalue weighted by Crippen LogP contribution is 2.39. The molecule has 0 bridgehead atoms. The van der Waals surface area contributed by atoms with Crippen molar-refractivity contribution in [3.8, 4) is 17.7 Å². The maximum atomic E-state index is 9.36. The maximum Gasteiger partial charge on any atom is 0.177 e. The van der Waals surface area contributed by atoms with Crippen molar-refractivity contribution in [3.05, 3.63) is 36.4 Å². The number of hydrogen-bond acceptors (Lipinski definition) is 5. The van der Waals surface area contributed by atoms with Gasteiger partial charge >= 0.3 is 0 Å². The van der Waals surface area contributed by atoms with E-state index in [0.717, 1.165) is 53.6 Å². The fourth-order valence-electron chi connectivity index (χ4n) is 4.17. The predicted octanol–water partition coefficient (Wildman–Crippen LogP) is 3.92. The van der Waals surface area contributed by atoms with Crippen LogP contribution < -0.4 is 0 Å². The Bertz CT molecular complexity index is 1150. The van der Waals surface area contributed by atoms with Crippen molar-refractivity contribution in [1.29, 1.82) is 5.26 Å². The molecule has 0 unspecified atom stereocenters. The van der Waals surface area contributed by atoms with E-state index in [9.17, 15) is 10.4 Å². The molecule has 0 radical (unpaired) electrons. The van der Waals surface area contributed by atoms with E-state index in [1.165, 1.54) is 0 Å². The van der Waals surface area contributed by atoms with Crippen LogP contribution in [0.2, 0.25) is 0 Å². The summed E-state index contributed by atoms with van der Waals surface area (Å²) in [5, 5.41) is 19.6. The fraction of sp³-hybridized carbons (Fsp3) is 0.350. The molecule has 1 aliphatic carbocycles. The van der Waals surface area contributed by atoms with Crippen LogP contribution >= 0.6 is 0 Å². The number of fused-ring (bicyclic) bond motifs is 3. The quantitative estimate of drug-likeness (QED) is 0.575. The number of pyridine rings is 1. The third-order valence-electron chi connectivity index (χ3n) is 5.52. The van der Waals surface area contributed by atoms with Crippen LogP contribution in [0.4, 0.5) is 0 Å². The molecule has 0 atom stereocenters. The van der Waals surface area contributed by atoms with Crippen molar-refractivity contribution in [2.75, 3.05) is 0 Å². The number of aromatic amines is 1. The summed E-state index contributed by atoms with van der Waals surface area (Å²) >= 11 is 0. The lowest BCUT2D eigenvalue weighted by Gasteiger charge is -2.27. The van der Waals surface area contributed by atoms with Gasteiger partial charge in [-0.2, -0.15) is 5.26 Å². The second kappa shape index (κ2) is 6.25. The lowest BCUT2D eigenvalue weighted by atomic mass is 9.86. The lowest BCUT2D eigenvalue weighted by Crippen LogP contribution is -2.18. The number of aromatic nitrogens is 4. The molecule has 7 heteroatoms. The van der Waals surface area contributed by atoms with Gasteiger partial charge in [-0.1, -0.05) is 0 Å². The van der Waals surface area contributed by atoms with E-state index >= 15 is 0 Å². The summed E-state index contributed by atoms with van der Waals surface area (Å²) in [5.41, 5.74) is 2.69. The smallest absolute Gasteiger partial charge is 0.177 e. The number of aliphatic hydroxyl groups is 1. The zero-order chi connectivity index (χ0) is 18.4. The van der Waals surface area contributed by atoms with Gasteiger partial charge in [0, 0.05) is 23.5 Å². The number of aliphatic hydroxyl groups excluding tert-OH is 1. The molecule has 136 valence electrons. The van der Waals surface area contributed by atoms with E-state index < -0.39 is 0 Å². The van der Waals surface area contributed by atoms with Crippen LogP contribution in [0.25, 0.3) is 33.7 Å². The van der Waals surface area contributed by atoms with Gasteiger partial charge in [-0.15, -0.1) is 0 Å². The van der Waals surface area contributed by atoms with Crippen molar-refractivity contribution >= 4 is 22.1 Å². The number of furan rings is 1. The second-order valence-corrected chi connectivity index (χ2v) is 7.10. The summed E-state index contributed by atoms with van der Waals surface area (Å²) in [4.78, 5) is 12.5. The van der Waals surface area contributed by atoms with Crippen molar-refractivity contribution in [2.45, 2.75) is 38.3 Å². The molecule has 5 rings (SSSR count). The first-order chi connectivity index (χ1) is 13.3. The molecule has 0 amide bonds. The molecule has 1 saturated carbocycles. The summed E-state index contributed by atoms with van der Waals surface area (Å²) in [6.07, 6.45) is 7.31. The van der Waals surface area contributed by atoms with E-state index in [0.29, 0.717) is 11.5 Å². The molecule has 27 heavy (non-hydrogen) atoms. The molecule has 1 aliphatic rings. The molecule has 0 aliphatic heterocycles. The Morgan fingerprint density at radius 2 is 2.11 bits per heavy atom. The average Bonchev–Trinajstić information content (AvgIpc) is 3.43. The van der Waals surface area contributed by atoms with Gasteiger partial charge in [-0.05, 0) is 43.9 Å². The number of nitriles is 1. The van der Waals surface area contributed by atoms with Crippen LogP contribution in [0.5, 0.6) is 0 Å². The van der Waals surface area contributed by atoms with Crippen LogP contribution in [-0.4, -0.2) is 24.6 Å². The van der Waals surface area contributed by atoms with Crippen LogP contribution in [0.3, 0.4) is 0 Å². The highest BCUT2D eigenvalue weighted by Gasteiger charge is 2.28. The first-order valence-electron chi connectivity index (χ1n) is 9.22. The van der Waals surface area contributed by atoms with Crippen molar-refractivity contribution in [3.63, 3.8) is 0 Å². The normalized spacial score (nSPS) is 20.3. The molecule has 0 aromatic carbocycles. The first-order valence-corrected chi connectivity index (χ1v) is 9.22. The molecule has 4 aromatic rings.